The first-order chi connectivity index (χ1) is 11.5. The van der Waals surface area contributed by atoms with Gasteiger partial charge in [0.1, 0.15) is 11.6 Å². The molecule has 1 saturated carbocycles. The van der Waals surface area contributed by atoms with Crippen LogP contribution >= 0.6 is 0 Å². The van der Waals surface area contributed by atoms with Crippen LogP contribution in [0.25, 0.3) is 0 Å². The van der Waals surface area contributed by atoms with Crippen molar-refractivity contribution in [1.82, 2.24) is 4.98 Å². The first-order valence-electron chi connectivity index (χ1n) is 7.31. The molecule has 0 radical (unpaired) electrons. The smallest absolute Gasteiger partial charge is 0.272 e. The third-order valence-corrected chi connectivity index (χ3v) is 3.67. The molecule has 1 aliphatic rings. The molecule has 0 unspecified atom stereocenters. The summed E-state index contributed by atoms with van der Waals surface area (Å²) in [5.41, 5.74) is -0.356. The maximum absolute atomic E-state index is 13.9. The van der Waals surface area contributed by atoms with E-state index in [1.54, 1.807) is 7.05 Å². The predicted octanol–water partition coefficient (Wildman–Crippen LogP) is 3.29. The van der Waals surface area contributed by atoms with Crippen molar-refractivity contribution in [2.45, 2.75) is 12.8 Å². The fraction of sp³-hybridized carbons (Fsp3) is 0.250. The molecule has 1 fully saturated rings. The summed E-state index contributed by atoms with van der Waals surface area (Å²) in [7, 11) is 1.62. The van der Waals surface area contributed by atoms with Crippen LogP contribution in [0.5, 0.6) is 11.5 Å². The van der Waals surface area contributed by atoms with Gasteiger partial charge < -0.3 is 4.74 Å². The highest BCUT2D eigenvalue weighted by Crippen LogP contribution is 2.33. The number of amides is 1. The number of anilines is 1. The van der Waals surface area contributed by atoms with E-state index in [9.17, 15) is 19.3 Å². The Morgan fingerprint density at radius 3 is 2.75 bits per heavy atom. The normalized spacial score (nSPS) is 13.4. The summed E-state index contributed by atoms with van der Waals surface area (Å²) in [4.78, 5) is 27.5. The molecule has 0 atom stereocenters. The van der Waals surface area contributed by atoms with Crippen LogP contribution in [-0.2, 0) is 4.79 Å². The fourth-order valence-electron chi connectivity index (χ4n) is 2.18. The molecule has 124 valence electrons. The number of hydrogen-bond acceptors (Lipinski definition) is 5. The van der Waals surface area contributed by atoms with E-state index in [0.717, 1.165) is 25.0 Å². The molecule has 1 aromatic carbocycles. The molecule has 0 aliphatic heterocycles. The Labute approximate surface area is 136 Å². The summed E-state index contributed by atoms with van der Waals surface area (Å²) in [6.07, 6.45) is 3.21. The number of rotatable bonds is 5. The third kappa shape index (κ3) is 3.32. The lowest BCUT2D eigenvalue weighted by Gasteiger charge is -2.16. The number of carbonyl (C=O) groups excluding carboxylic acids is 1. The van der Waals surface area contributed by atoms with Crippen molar-refractivity contribution in [3.05, 3.63) is 52.5 Å². The van der Waals surface area contributed by atoms with Gasteiger partial charge in [0.15, 0.2) is 11.6 Å². The molecule has 1 aromatic heterocycles. The zero-order valence-electron chi connectivity index (χ0n) is 12.8. The molecular weight excluding hydrogens is 317 g/mol. The van der Waals surface area contributed by atoms with Crippen molar-refractivity contribution in [3.63, 3.8) is 0 Å². The van der Waals surface area contributed by atoms with Crippen LogP contribution in [-0.4, -0.2) is 22.9 Å². The summed E-state index contributed by atoms with van der Waals surface area (Å²) >= 11 is 0. The summed E-state index contributed by atoms with van der Waals surface area (Å²) in [5.74, 6) is -0.275. The molecule has 0 saturated heterocycles. The highest BCUT2D eigenvalue weighted by molar-refractivity contribution is 5.95. The molecule has 3 rings (SSSR count). The third-order valence-electron chi connectivity index (χ3n) is 3.67. The molecule has 24 heavy (non-hydrogen) atoms. The van der Waals surface area contributed by atoms with E-state index in [-0.39, 0.29) is 29.0 Å². The summed E-state index contributed by atoms with van der Waals surface area (Å²) in [5, 5.41) is 10.6. The monoisotopic (exact) mass is 331 g/mol. The molecule has 0 bridgehead atoms. The van der Waals surface area contributed by atoms with E-state index in [1.165, 1.54) is 29.3 Å². The first kappa shape index (κ1) is 15.9. The fourth-order valence-corrected chi connectivity index (χ4v) is 2.18. The number of non-ortho nitro benzene ring substituents is 1. The van der Waals surface area contributed by atoms with Gasteiger partial charge in [-0.3, -0.25) is 19.8 Å². The van der Waals surface area contributed by atoms with Crippen LogP contribution < -0.4 is 9.64 Å². The second-order valence-corrected chi connectivity index (χ2v) is 5.50. The maximum atomic E-state index is 13.9. The number of nitro benzene ring substituents is 1. The number of ether oxygens (including phenoxy) is 1. The van der Waals surface area contributed by atoms with E-state index >= 15 is 0 Å². The number of aromatic nitrogens is 1. The second kappa shape index (κ2) is 6.23. The van der Waals surface area contributed by atoms with Gasteiger partial charge in [0.2, 0.25) is 5.91 Å². The van der Waals surface area contributed by atoms with E-state index in [2.05, 4.69) is 4.98 Å². The zero-order chi connectivity index (χ0) is 17.3. The van der Waals surface area contributed by atoms with Gasteiger partial charge >= 0.3 is 0 Å². The molecule has 7 nitrogen and oxygen atoms in total. The number of benzene rings is 1. The topological polar surface area (TPSA) is 85.6 Å². The van der Waals surface area contributed by atoms with Gasteiger partial charge in [-0.2, -0.15) is 0 Å². The first-order valence-corrected chi connectivity index (χ1v) is 7.31. The minimum absolute atomic E-state index is 0.0128. The van der Waals surface area contributed by atoms with Crippen LogP contribution in [0.1, 0.15) is 12.8 Å². The van der Waals surface area contributed by atoms with E-state index in [0.29, 0.717) is 5.82 Å². The van der Waals surface area contributed by atoms with Gasteiger partial charge in [-0.15, -0.1) is 0 Å². The van der Waals surface area contributed by atoms with Crippen molar-refractivity contribution in [2.75, 3.05) is 11.9 Å². The van der Waals surface area contributed by atoms with E-state index in [1.807, 2.05) is 0 Å². The number of carbonyl (C=O) groups is 1. The second-order valence-electron chi connectivity index (χ2n) is 5.50. The SMILES string of the molecule is CN(C(=O)C1CC1)c1cc(Oc2ccc([N+](=O)[O-])cc2F)ccn1. The minimum atomic E-state index is -0.843. The van der Waals surface area contributed by atoms with Crippen molar-refractivity contribution in [2.24, 2.45) is 5.92 Å². The molecular formula is C16H14FN3O4. The highest BCUT2D eigenvalue weighted by atomic mass is 19.1. The summed E-state index contributed by atoms with van der Waals surface area (Å²) in [6, 6.07) is 6.16. The van der Waals surface area contributed by atoms with Gasteiger partial charge in [-0.25, -0.2) is 9.37 Å². The van der Waals surface area contributed by atoms with Gasteiger partial charge in [-0.05, 0) is 25.0 Å². The Balaban J connectivity index is 1.79. The van der Waals surface area contributed by atoms with Gasteiger partial charge in [0, 0.05) is 31.3 Å². The lowest BCUT2D eigenvalue weighted by atomic mass is 10.3. The number of hydrogen-bond donors (Lipinski definition) is 0. The van der Waals surface area contributed by atoms with Crippen LogP contribution in [0.15, 0.2) is 36.5 Å². The summed E-state index contributed by atoms with van der Waals surface area (Å²) < 4.78 is 19.3. The Bertz CT molecular complexity index is 808. The van der Waals surface area contributed by atoms with Crippen molar-refractivity contribution < 1.29 is 18.8 Å². The highest BCUT2D eigenvalue weighted by Gasteiger charge is 2.33. The average molecular weight is 331 g/mol. The Kier molecular flexibility index (Phi) is 4.11. The molecule has 1 amide bonds. The van der Waals surface area contributed by atoms with Crippen molar-refractivity contribution in [1.29, 1.82) is 0 Å². The Morgan fingerprint density at radius 1 is 1.38 bits per heavy atom. The lowest BCUT2D eigenvalue weighted by molar-refractivity contribution is -0.385. The maximum Gasteiger partial charge on any atom is 0.272 e. The number of nitro groups is 1. The van der Waals surface area contributed by atoms with Crippen molar-refractivity contribution >= 4 is 17.4 Å². The summed E-state index contributed by atoms with van der Waals surface area (Å²) in [6.45, 7) is 0. The van der Waals surface area contributed by atoms with Gasteiger partial charge in [-0.1, -0.05) is 0 Å². The predicted molar refractivity (Wildman–Crippen MR) is 83.5 cm³/mol. The Morgan fingerprint density at radius 2 is 2.12 bits per heavy atom. The van der Waals surface area contributed by atoms with Gasteiger partial charge in [0.25, 0.3) is 5.69 Å². The van der Waals surface area contributed by atoms with E-state index in [4.69, 9.17) is 4.74 Å². The van der Waals surface area contributed by atoms with Crippen LogP contribution in [0.2, 0.25) is 0 Å². The minimum Gasteiger partial charge on any atom is -0.454 e. The Hall–Kier alpha value is -3.03. The van der Waals surface area contributed by atoms with Gasteiger partial charge in [0.05, 0.1) is 11.0 Å². The van der Waals surface area contributed by atoms with E-state index < -0.39 is 10.7 Å². The number of halogens is 1. The van der Waals surface area contributed by atoms with Crippen LogP contribution in [0.3, 0.4) is 0 Å². The number of pyridine rings is 1. The lowest BCUT2D eigenvalue weighted by Crippen LogP contribution is -2.28. The molecule has 8 heteroatoms. The number of nitrogens with zero attached hydrogens (tertiary/aromatic N) is 3. The molecule has 1 aliphatic carbocycles. The average Bonchev–Trinajstić information content (AvgIpc) is 3.40. The zero-order valence-corrected chi connectivity index (χ0v) is 12.8. The van der Waals surface area contributed by atoms with Crippen LogP contribution in [0, 0.1) is 21.8 Å². The van der Waals surface area contributed by atoms with Crippen molar-refractivity contribution in [3.8, 4) is 11.5 Å². The molecule has 0 N–H and O–H groups in total. The standard InChI is InChI=1S/C16H14FN3O4/c1-19(16(21)10-2-3-10)15-9-12(6-7-18-15)24-14-5-4-11(20(22)23)8-13(14)17/h4-10H,2-3H2,1H3. The molecule has 0 spiro atoms. The largest absolute Gasteiger partial charge is 0.454 e. The molecule has 2 aromatic rings. The molecule has 1 heterocycles. The van der Waals surface area contributed by atoms with Crippen LogP contribution in [0.4, 0.5) is 15.9 Å². The quantitative estimate of drug-likeness (QED) is 0.620.